The lowest BCUT2D eigenvalue weighted by molar-refractivity contribution is 0.0890. The summed E-state index contributed by atoms with van der Waals surface area (Å²) in [5.74, 6) is -0.689. The molecule has 104 valence electrons. The van der Waals surface area contributed by atoms with Crippen LogP contribution in [0, 0.1) is 5.82 Å². The number of halogens is 1. The molecule has 1 heterocycles. The molecule has 1 aromatic carbocycles. The Bertz CT molecular complexity index is 471. The molecule has 0 aromatic heterocycles. The van der Waals surface area contributed by atoms with Crippen LogP contribution in [0.25, 0.3) is 0 Å². The molecule has 1 aliphatic heterocycles. The standard InChI is InChI=1S/C14H19FN2O2/c1-3-16-12-10(5-4-6-11(12)15)13(18)17-14(2)7-8-19-9-14/h4-6,16H,3,7-9H2,1-2H3,(H,17,18). The van der Waals surface area contributed by atoms with Crippen LogP contribution in [0.3, 0.4) is 0 Å². The summed E-state index contributed by atoms with van der Waals surface area (Å²) >= 11 is 0. The van der Waals surface area contributed by atoms with Crippen molar-refractivity contribution in [2.24, 2.45) is 0 Å². The van der Waals surface area contributed by atoms with Crippen LogP contribution in [-0.2, 0) is 4.74 Å². The van der Waals surface area contributed by atoms with E-state index in [2.05, 4.69) is 10.6 Å². The Balaban J connectivity index is 2.21. The molecule has 1 aromatic rings. The predicted octanol–water partition coefficient (Wildman–Crippen LogP) is 2.17. The van der Waals surface area contributed by atoms with Gasteiger partial charge in [0.1, 0.15) is 5.82 Å². The van der Waals surface area contributed by atoms with E-state index in [1.165, 1.54) is 6.07 Å². The number of hydrogen-bond donors (Lipinski definition) is 2. The molecule has 0 saturated carbocycles. The number of benzene rings is 1. The fourth-order valence-corrected chi connectivity index (χ4v) is 2.18. The molecular formula is C14H19FN2O2. The lowest BCUT2D eigenvalue weighted by atomic mass is 10.0. The molecular weight excluding hydrogens is 247 g/mol. The SMILES string of the molecule is CCNc1c(F)cccc1C(=O)NC1(C)CCOC1. The summed E-state index contributed by atoms with van der Waals surface area (Å²) in [4.78, 5) is 12.3. The van der Waals surface area contributed by atoms with Crippen LogP contribution in [0.5, 0.6) is 0 Å². The van der Waals surface area contributed by atoms with Crippen molar-refractivity contribution in [3.63, 3.8) is 0 Å². The Kier molecular flexibility index (Phi) is 4.04. The smallest absolute Gasteiger partial charge is 0.253 e. The Morgan fingerprint density at radius 1 is 1.53 bits per heavy atom. The maximum absolute atomic E-state index is 13.7. The highest BCUT2D eigenvalue weighted by Crippen LogP contribution is 2.22. The second-order valence-corrected chi connectivity index (χ2v) is 5.01. The molecule has 1 unspecified atom stereocenters. The van der Waals surface area contributed by atoms with E-state index in [9.17, 15) is 9.18 Å². The first kappa shape index (κ1) is 13.8. The van der Waals surface area contributed by atoms with Gasteiger partial charge in [-0.1, -0.05) is 6.07 Å². The van der Waals surface area contributed by atoms with E-state index in [0.29, 0.717) is 25.3 Å². The van der Waals surface area contributed by atoms with Crippen molar-refractivity contribution in [3.05, 3.63) is 29.6 Å². The fraction of sp³-hybridized carbons (Fsp3) is 0.500. The van der Waals surface area contributed by atoms with E-state index in [1.807, 2.05) is 13.8 Å². The van der Waals surface area contributed by atoms with Gasteiger partial charge in [0.25, 0.3) is 5.91 Å². The van der Waals surface area contributed by atoms with E-state index in [4.69, 9.17) is 4.74 Å². The first-order valence-corrected chi connectivity index (χ1v) is 6.48. The molecule has 0 bridgehead atoms. The van der Waals surface area contributed by atoms with Crippen LogP contribution in [0.4, 0.5) is 10.1 Å². The van der Waals surface area contributed by atoms with Crippen LogP contribution >= 0.6 is 0 Å². The van der Waals surface area contributed by atoms with Gasteiger partial charge in [-0.15, -0.1) is 0 Å². The van der Waals surface area contributed by atoms with Gasteiger partial charge >= 0.3 is 0 Å². The maximum atomic E-state index is 13.7. The summed E-state index contributed by atoms with van der Waals surface area (Å²) in [6.07, 6.45) is 0.768. The first-order valence-electron chi connectivity index (χ1n) is 6.48. The number of para-hydroxylation sites is 1. The number of amides is 1. The number of ether oxygens (including phenoxy) is 1. The quantitative estimate of drug-likeness (QED) is 0.878. The minimum absolute atomic E-state index is 0.255. The van der Waals surface area contributed by atoms with Gasteiger partial charge in [-0.3, -0.25) is 4.79 Å². The summed E-state index contributed by atoms with van der Waals surface area (Å²) in [6.45, 7) is 5.48. The van der Waals surface area contributed by atoms with Gasteiger partial charge in [-0.2, -0.15) is 0 Å². The predicted molar refractivity (Wildman–Crippen MR) is 71.9 cm³/mol. The second-order valence-electron chi connectivity index (χ2n) is 5.01. The van der Waals surface area contributed by atoms with Crippen LogP contribution in [0.2, 0.25) is 0 Å². The van der Waals surface area contributed by atoms with Crippen LogP contribution < -0.4 is 10.6 Å². The van der Waals surface area contributed by atoms with Gasteiger partial charge < -0.3 is 15.4 Å². The van der Waals surface area contributed by atoms with Crippen molar-refractivity contribution in [2.45, 2.75) is 25.8 Å². The van der Waals surface area contributed by atoms with Crippen LogP contribution in [0.1, 0.15) is 30.6 Å². The van der Waals surface area contributed by atoms with Gasteiger partial charge in [0.15, 0.2) is 0 Å². The Labute approximate surface area is 112 Å². The Hall–Kier alpha value is -1.62. The average molecular weight is 266 g/mol. The highest BCUT2D eigenvalue weighted by Gasteiger charge is 2.32. The molecule has 1 fully saturated rings. The largest absolute Gasteiger partial charge is 0.382 e. The lowest BCUT2D eigenvalue weighted by Gasteiger charge is -2.24. The highest BCUT2D eigenvalue weighted by molar-refractivity contribution is 6.00. The minimum Gasteiger partial charge on any atom is -0.382 e. The minimum atomic E-state index is -0.415. The van der Waals surface area contributed by atoms with Gasteiger partial charge in [0, 0.05) is 13.2 Å². The second kappa shape index (κ2) is 5.57. The monoisotopic (exact) mass is 266 g/mol. The summed E-state index contributed by atoms with van der Waals surface area (Å²) in [5, 5.41) is 5.82. The van der Waals surface area contributed by atoms with E-state index >= 15 is 0 Å². The molecule has 19 heavy (non-hydrogen) atoms. The van der Waals surface area contributed by atoms with E-state index < -0.39 is 5.82 Å². The molecule has 4 nitrogen and oxygen atoms in total. The normalized spacial score (nSPS) is 22.3. The van der Waals surface area contributed by atoms with Crippen LogP contribution in [0.15, 0.2) is 18.2 Å². The molecule has 1 aliphatic rings. The summed E-state index contributed by atoms with van der Waals surface area (Å²) < 4.78 is 19.0. The molecule has 1 saturated heterocycles. The number of nitrogens with one attached hydrogen (secondary N) is 2. The third-order valence-electron chi connectivity index (χ3n) is 3.25. The van der Waals surface area contributed by atoms with Crippen molar-refractivity contribution in [1.82, 2.24) is 5.32 Å². The summed E-state index contributed by atoms with van der Waals surface area (Å²) in [7, 11) is 0. The van der Waals surface area contributed by atoms with Crippen molar-refractivity contribution in [2.75, 3.05) is 25.1 Å². The van der Waals surface area contributed by atoms with Gasteiger partial charge in [0.2, 0.25) is 0 Å². The zero-order chi connectivity index (χ0) is 13.9. The molecule has 0 aliphatic carbocycles. The topological polar surface area (TPSA) is 50.4 Å². The Morgan fingerprint density at radius 3 is 2.95 bits per heavy atom. The fourth-order valence-electron chi connectivity index (χ4n) is 2.18. The molecule has 0 spiro atoms. The first-order chi connectivity index (χ1) is 9.06. The molecule has 0 radical (unpaired) electrons. The molecule has 2 N–H and O–H groups in total. The maximum Gasteiger partial charge on any atom is 0.253 e. The number of rotatable bonds is 4. The van der Waals surface area contributed by atoms with Gasteiger partial charge in [0.05, 0.1) is 23.4 Å². The molecule has 5 heteroatoms. The number of anilines is 1. The molecule has 1 amide bonds. The zero-order valence-corrected chi connectivity index (χ0v) is 11.3. The number of carbonyl (C=O) groups is 1. The zero-order valence-electron chi connectivity index (χ0n) is 11.3. The van der Waals surface area contributed by atoms with Crippen molar-refractivity contribution >= 4 is 11.6 Å². The van der Waals surface area contributed by atoms with Gasteiger partial charge in [-0.05, 0) is 32.4 Å². The van der Waals surface area contributed by atoms with Crippen molar-refractivity contribution in [1.29, 1.82) is 0 Å². The van der Waals surface area contributed by atoms with E-state index in [0.717, 1.165) is 6.42 Å². The molecule has 2 rings (SSSR count). The lowest BCUT2D eigenvalue weighted by Crippen LogP contribution is -2.46. The van der Waals surface area contributed by atoms with E-state index in [1.54, 1.807) is 12.1 Å². The van der Waals surface area contributed by atoms with Crippen molar-refractivity contribution in [3.8, 4) is 0 Å². The summed E-state index contributed by atoms with van der Waals surface area (Å²) in [5.41, 5.74) is 0.215. The van der Waals surface area contributed by atoms with E-state index in [-0.39, 0.29) is 17.1 Å². The van der Waals surface area contributed by atoms with Crippen molar-refractivity contribution < 1.29 is 13.9 Å². The number of hydrogen-bond acceptors (Lipinski definition) is 3. The average Bonchev–Trinajstić information content (AvgIpc) is 2.78. The third kappa shape index (κ3) is 3.04. The van der Waals surface area contributed by atoms with Gasteiger partial charge in [-0.25, -0.2) is 4.39 Å². The molecule has 1 atom stereocenters. The summed E-state index contributed by atoms with van der Waals surface area (Å²) in [6, 6.07) is 4.50. The Morgan fingerprint density at radius 2 is 2.32 bits per heavy atom. The van der Waals surface area contributed by atoms with Crippen LogP contribution in [-0.4, -0.2) is 31.2 Å². The highest BCUT2D eigenvalue weighted by atomic mass is 19.1. The third-order valence-corrected chi connectivity index (χ3v) is 3.25. The number of carbonyl (C=O) groups excluding carboxylic acids is 1.